The molecular formula is C21H24N2O4. The smallest absolute Gasteiger partial charge is 0.289 e. The van der Waals surface area contributed by atoms with Crippen LogP contribution in [0.25, 0.3) is 0 Å². The first kappa shape index (κ1) is 17.8. The van der Waals surface area contributed by atoms with E-state index in [2.05, 4.69) is 5.32 Å². The van der Waals surface area contributed by atoms with Gasteiger partial charge in [-0.1, -0.05) is 18.2 Å². The van der Waals surface area contributed by atoms with Crippen LogP contribution in [0, 0.1) is 6.92 Å². The molecule has 1 spiro atoms. The molecule has 3 heterocycles. The predicted octanol–water partition coefficient (Wildman–Crippen LogP) is 2.78. The molecule has 27 heavy (non-hydrogen) atoms. The van der Waals surface area contributed by atoms with Crippen LogP contribution in [0.15, 0.2) is 46.9 Å². The zero-order valence-electron chi connectivity index (χ0n) is 15.4. The second-order valence-corrected chi connectivity index (χ2v) is 7.45. The van der Waals surface area contributed by atoms with E-state index in [1.165, 1.54) is 0 Å². The average Bonchev–Trinajstić information content (AvgIpc) is 3.29. The summed E-state index contributed by atoms with van der Waals surface area (Å²) in [5, 5.41) is 3.12. The van der Waals surface area contributed by atoms with Gasteiger partial charge in [0.05, 0.1) is 12.1 Å². The van der Waals surface area contributed by atoms with E-state index in [1.807, 2.05) is 37.3 Å². The number of benzene rings is 1. The first-order valence-corrected chi connectivity index (χ1v) is 9.40. The second-order valence-electron chi connectivity index (χ2n) is 7.45. The Bertz CT molecular complexity index is 832. The summed E-state index contributed by atoms with van der Waals surface area (Å²) in [7, 11) is 0. The van der Waals surface area contributed by atoms with Crippen molar-refractivity contribution in [3.63, 3.8) is 0 Å². The summed E-state index contributed by atoms with van der Waals surface area (Å²) in [6.45, 7) is 3.58. The molecule has 2 saturated heterocycles. The molecule has 0 saturated carbocycles. The highest BCUT2D eigenvalue weighted by Gasteiger charge is 2.45. The van der Waals surface area contributed by atoms with Crippen LogP contribution in [-0.4, -0.2) is 48.1 Å². The molecule has 2 aliphatic heterocycles. The largest absolute Gasteiger partial charge is 0.456 e. The lowest BCUT2D eigenvalue weighted by Gasteiger charge is -2.38. The summed E-state index contributed by atoms with van der Waals surface area (Å²) < 4.78 is 11.6. The van der Waals surface area contributed by atoms with Crippen molar-refractivity contribution in [2.45, 2.75) is 37.8 Å². The highest BCUT2D eigenvalue weighted by atomic mass is 16.5. The van der Waals surface area contributed by atoms with Crippen LogP contribution in [0.3, 0.4) is 0 Å². The van der Waals surface area contributed by atoms with E-state index in [-0.39, 0.29) is 23.5 Å². The fourth-order valence-electron chi connectivity index (χ4n) is 4.02. The van der Waals surface area contributed by atoms with Crippen molar-refractivity contribution < 1.29 is 18.7 Å². The van der Waals surface area contributed by atoms with Crippen molar-refractivity contribution in [3.8, 4) is 0 Å². The molecule has 2 amide bonds. The van der Waals surface area contributed by atoms with Crippen molar-refractivity contribution >= 4 is 11.8 Å². The Morgan fingerprint density at radius 3 is 2.74 bits per heavy atom. The molecule has 0 unspecified atom stereocenters. The van der Waals surface area contributed by atoms with Gasteiger partial charge in [0.15, 0.2) is 5.76 Å². The van der Waals surface area contributed by atoms with E-state index < -0.39 is 0 Å². The lowest BCUT2D eigenvalue weighted by molar-refractivity contribution is -0.0777. The molecule has 4 rings (SSSR count). The van der Waals surface area contributed by atoms with E-state index >= 15 is 0 Å². The van der Waals surface area contributed by atoms with Crippen LogP contribution in [0.4, 0.5) is 0 Å². The number of rotatable bonds is 3. The van der Waals surface area contributed by atoms with Crippen LogP contribution >= 0.6 is 0 Å². The highest BCUT2D eigenvalue weighted by Crippen LogP contribution is 2.35. The summed E-state index contributed by atoms with van der Waals surface area (Å²) >= 11 is 0. The number of hydrogen-bond donors (Lipinski definition) is 1. The monoisotopic (exact) mass is 368 g/mol. The van der Waals surface area contributed by atoms with E-state index in [9.17, 15) is 9.59 Å². The van der Waals surface area contributed by atoms with Gasteiger partial charge in [-0.15, -0.1) is 0 Å². The number of carbonyl (C=O) groups is 2. The standard InChI is InChI=1S/C21H24N2O4/c1-15-7-8-18(27-15)20(25)23-11-10-21(14-23)13-17(9-12-26-21)22-19(24)16-5-3-2-4-6-16/h2-8,17H,9-14H2,1H3,(H,22,24)/t17-,21-/m1/s1. The molecule has 2 atom stereocenters. The summed E-state index contributed by atoms with van der Waals surface area (Å²) in [6, 6.07) is 12.8. The van der Waals surface area contributed by atoms with Crippen molar-refractivity contribution in [1.29, 1.82) is 0 Å². The molecule has 0 bridgehead atoms. The van der Waals surface area contributed by atoms with Gasteiger partial charge in [0, 0.05) is 24.8 Å². The maximum atomic E-state index is 12.6. The number of hydrogen-bond acceptors (Lipinski definition) is 4. The lowest BCUT2D eigenvalue weighted by Crippen LogP contribution is -2.50. The molecule has 0 aliphatic carbocycles. The van der Waals surface area contributed by atoms with E-state index in [1.54, 1.807) is 17.0 Å². The number of ether oxygens (including phenoxy) is 1. The molecule has 142 valence electrons. The summed E-state index contributed by atoms with van der Waals surface area (Å²) in [5.74, 6) is 0.938. The minimum absolute atomic E-state index is 0.0485. The number of nitrogens with one attached hydrogen (secondary N) is 1. The van der Waals surface area contributed by atoms with Crippen molar-refractivity contribution in [1.82, 2.24) is 10.2 Å². The molecule has 6 nitrogen and oxygen atoms in total. The molecule has 1 aromatic heterocycles. The number of amides is 2. The minimum atomic E-state index is -0.385. The minimum Gasteiger partial charge on any atom is -0.456 e. The van der Waals surface area contributed by atoms with E-state index in [0.717, 1.165) is 18.6 Å². The van der Waals surface area contributed by atoms with Gasteiger partial charge in [0.1, 0.15) is 5.76 Å². The topological polar surface area (TPSA) is 71.8 Å². The van der Waals surface area contributed by atoms with Crippen molar-refractivity contribution in [3.05, 3.63) is 59.5 Å². The third-order valence-corrected chi connectivity index (χ3v) is 5.42. The quantitative estimate of drug-likeness (QED) is 0.904. The third kappa shape index (κ3) is 3.76. The molecule has 2 aromatic rings. The number of aryl methyl sites for hydroxylation is 1. The van der Waals surface area contributed by atoms with Gasteiger partial charge in [-0.3, -0.25) is 9.59 Å². The maximum Gasteiger partial charge on any atom is 0.289 e. The maximum absolute atomic E-state index is 12.6. The van der Waals surface area contributed by atoms with Gasteiger partial charge in [-0.25, -0.2) is 0 Å². The molecule has 2 fully saturated rings. The zero-order valence-corrected chi connectivity index (χ0v) is 15.4. The molecule has 0 radical (unpaired) electrons. The van der Waals surface area contributed by atoms with Gasteiger partial charge in [-0.05, 0) is 50.5 Å². The SMILES string of the molecule is Cc1ccc(C(=O)N2CC[C@@]3(C[C@H](NC(=O)c4ccccc4)CCO3)C2)o1. The van der Waals surface area contributed by atoms with Gasteiger partial charge in [0.25, 0.3) is 11.8 Å². The van der Waals surface area contributed by atoms with Gasteiger partial charge in [-0.2, -0.15) is 0 Å². The number of furan rings is 1. The summed E-state index contributed by atoms with van der Waals surface area (Å²) in [5.41, 5.74) is 0.277. The Hall–Kier alpha value is -2.60. The van der Waals surface area contributed by atoms with E-state index in [0.29, 0.717) is 37.4 Å². The first-order chi connectivity index (χ1) is 13.0. The fraction of sp³-hybridized carbons (Fsp3) is 0.429. The van der Waals surface area contributed by atoms with Gasteiger partial charge < -0.3 is 19.4 Å². The molecule has 2 aliphatic rings. The first-order valence-electron chi connectivity index (χ1n) is 9.40. The Morgan fingerprint density at radius 1 is 1.19 bits per heavy atom. The second kappa shape index (κ2) is 7.19. The fourth-order valence-corrected chi connectivity index (χ4v) is 4.02. The Labute approximate surface area is 158 Å². The van der Waals surface area contributed by atoms with Crippen molar-refractivity contribution in [2.75, 3.05) is 19.7 Å². The van der Waals surface area contributed by atoms with E-state index in [4.69, 9.17) is 9.15 Å². The van der Waals surface area contributed by atoms with Crippen LogP contribution in [0.2, 0.25) is 0 Å². The Balaban J connectivity index is 1.39. The molecule has 1 aromatic carbocycles. The Morgan fingerprint density at radius 2 is 2.00 bits per heavy atom. The summed E-state index contributed by atoms with van der Waals surface area (Å²) in [6.07, 6.45) is 2.27. The Kier molecular flexibility index (Phi) is 4.74. The van der Waals surface area contributed by atoms with Crippen LogP contribution in [0.1, 0.15) is 45.9 Å². The van der Waals surface area contributed by atoms with Gasteiger partial charge >= 0.3 is 0 Å². The average molecular weight is 368 g/mol. The van der Waals surface area contributed by atoms with Crippen LogP contribution < -0.4 is 5.32 Å². The molecule has 6 heteroatoms. The number of carbonyl (C=O) groups excluding carboxylic acids is 2. The van der Waals surface area contributed by atoms with Crippen molar-refractivity contribution in [2.24, 2.45) is 0 Å². The van der Waals surface area contributed by atoms with Crippen LogP contribution in [0.5, 0.6) is 0 Å². The van der Waals surface area contributed by atoms with Gasteiger partial charge in [0.2, 0.25) is 0 Å². The third-order valence-electron chi connectivity index (χ3n) is 5.42. The molecule has 1 N–H and O–H groups in total. The normalized spacial score (nSPS) is 24.9. The number of nitrogens with zero attached hydrogens (tertiary/aromatic N) is 1. The number of likely N-dealkylation sites (tertiary alicyclic amines) is 1. The predicted molar refractivity (Wildman–Crippen MR) is 99.6 cm³/mol. The van der Waals surface area contributed by atoms with Crippen LogP contribution in [-0.2, 0) is 4.74 Å². The lowest BCUT2D eigenvalue weighted by atomic mass is 9.89. The zero-order chi connectivity index (χ0) is 18.9. The summed E-state index contributed by atoms with van der Waals surface area (Å²) in [4.78, 5) is 26.9. The highest BCUT2D eigenvalue weighted by molar-refractivity contribution is 5.94. The molecular weight excluding hydrogens is 344 g/mol.